The van der Waals surface area contributed by atoms with Gasteiger partial charge in [0.25, 0.3) is 0 Å². The largest absolute Gasteiger partial charge is 0.508 e. The van der Waals surface area contributed by atoms with E-state index in [4.69, 9.17) is 27.2 Å². The molecule has 0 saturated carbocycles. The lowest BCUT2D eigenvalue weighted by Gasteiger charge is -2.23. The lowest BCUT2D eigenvalue weighted by molar-refractivity contribution is -0.0513. The van der Waals surface area contributed by atoms with Gasteiger partial charge in [-0.3, -0.25) is 0 Å². The molecule has 4 unspecified atom stereocenters. The van der Waals surface area contributed by atoms with Crippen molar-refractivity contribution in [3.63, 3.8) is 0 Å². The van der Waals surface area contributed by atoms with Crippen LogP contribution in [0.2, 0.25) is 0 Å². The molecule has 0 aromatic rings. The van der Waals surface area contributed by atoms with Gasteiger partial charge in [0, 0.05) is 19.2 Å². The van der Waals surface area contributed by atoms with Crippen LogP contribution in [0.5, 0.6) is 0 Å². The van der Waals surface area contributed by atoms with Gasteiger partial charge in [-0.25, -0.2) is 4.79 Å². The smallest absolute Gasteiger partial charge is 0.438 e. The molecule has 1 aliphatic rings. The molecule has 102 valence electrons. The van der Waals surface area contributed by atoms with Crippen molar-refractivity contribution in [3.05, 3.63) is 0 Å². The van der Waals surface area contributed by atoms with Crippen LogP contribution in [0.1, 0.15) is 19.8 Å². The first-order valence-corrected chi connectivity index (χ1v) is 6.02. The Labute approximate surface area is 108 Å². The average Bonchev–Trinajstić information content (AvgIpc) is 2.66. The number of ether oxygens (including phenoxy) is 4. The van der Waals surface area contributed by atoms with Crippen molar-refractivity contribution in [1.82, 2.24) is 0 Å². The Morgan fingerprint density at radius 2 is 2.17 bits per heavy atom. The maximum Gasteiger partial charge on any atom is 0.508 e. The van der Waals surface area contributed by atoms with Crippen molar-refractivity contribution in [1.29, 1.82) is 0 Å². The summed E-state index contributed by atoms with van der Waals surface area (Å²) in [6.45, 7) is 2.26. The van der Waals surface area contributed by atoms with Crippen molar-refractivity contribution >= 4 is 14.0 Å². The zero-order chi connectivity index (χ0) is 13.5. The first-order valence-electron chi connectivity index (χ1n) is 6.02. The first kappa shape index (κ1) is 15.3. The van der Waals surface area contributed by atoms with Crippen molar-refractivity contribution in [2.24, 2.45) is 0 Å². The zero-order valence-electron chi connectivity index (χ0n) is 10.7. The van der Waals surface area contributed by atoms with Gasteiger partial charge in [-0.15, -0.1) is 0 Å². The van der Waals surface area contributed by atoms with Gasteiger partial charge < -0.3 is 24.1 Å². The van der Waals surface area contributed by atoms with Crippen LogP contribution in [0.4, 0.5) is 4.79 Å². The molecular weight excluding hydrogens is 239 g/mol. The fourth-order valence-corrected chi connectivity index (χ4v) is 1.86. The summed E-state index contributed by atoms with van der Waals surface area (Å²) >= 11 is 0. The molecule has 0 spiro atoms. The summed E-state index contributed by atoms with van der Waals surface area (Å²) in [5.41, 5.74) is 0. The third kappa shape index (κ3) is 3.86. The van der Waals surface area contributed by atoms with E-state index in [0.717, 1.165) is 0 Å². The van der Waals surface area contributed by atoms with E-state index in [1.54, 1.807) is 0 Å². The molecule has 1 fully saturated rings. The van der Waals surface area contributed by atoms with Crippen molar-refractivity contribution in [2.75, 3.05) is 20.3 Å². The molecule has 0 aliphatic carbocycles. The molecule has 1 heterocycles. The van der Waals surface area contributed by atoms with E-state index in [-0.39, 0.29) is 12.7 Å². The van der Waals surface area contributed by atoms with Crippen molar-refractivity contribution in [2.45, 2.75) is 44.1 Å². The van der Waals surface area contributed by atoms with E-state index in [1.165, 1.54) is 7.11 Å². The van der Waals surface area contributed by atoms with Gasteiger partial charge in [-0.1, -0.05) is 6.92 Å². The average molecular weight is 258 g/mol. The standard InChI is InChI=1S/C11H19BO6/c1-3-7-8(18-11(14)15-2)9(10(12)17-7)16-6-4-5-13/h7-10,13H,3-6H2,1-2H3. The molecule has 1 aliphatic heterocycles. The number of carbonyl (C=O) groups is 1. The van der Waals surface area contributed by atoms with Crippen LogP contribution in [-0.4, -0.2) is 63.7 Å². The molecule has 1 N–H and O–H groups in total. The third-order valence-electron chi connectivity index (χ3n) is 2.76. The van der Waals surface area contributed by atoms with Gasteiger partial charge >= 0.3 is 6.16 Å². The number of aliphatic hydroxyl groups excluding tert-OH is 1. The Morgan fingerprint density at radius 1 is 1.44 bits per heavy atom. The number of carbonyl (C=O) groups excluding carboxylic acids is 1. The first-order chi connectivity index (χ1) is 8.63. The molecule has 6 nitrogen and oxygen atoms in total. The van der Waals surface area contributed by atoms with Gasteiger partial charge in [0.1, 0.15) is 14.0 Å². The summed E-state index contributed by atoms with van der Waals surface area (Å²) in [5.74, 6) is 0. The molecule has 1 rings (SSSR count). The molecule has 4 atom stereocenters. The monoisotopic (exact) mass is 258 g/mol. The Morgan fingerprint density at radius 3 is 2.72 bits per heavy atom. The Kier molecular flexibility index (Phi) is 6.45. The molecule has 1 saturated heterocycles. The Bertz CT molecular complexity index is 262. The minimum Gasteiger partial charge on any atom is -0.438 e. The SMILES string of the molecule is [B]C1OC(CC)C(OC(=O)OC)C1OCCCO. The number of aliphatic hydroxyl groups is 1. The second-order valence-electron chi connectivity index (χ2n) is 4.00. The van der Waals surface area contributed by atoms with Gasteiger partial charge in [0.2, 0.25) is 0 Å². The predicted molar refractivity (Wildman–Crippen MR) is 63.4 cm³/mol. The number of hydrogen-bond donors (Lipinski definition) is 1. The summed E-state index contributed by atoms with van der Waals surface area (Å²) in [4.78, 5) is 11.2. The van der Waals surface area contributed by atoms with Gasteiger partial charge in [0.05, 0.1) is 13.2 Å². The fourth-order valence-electron chi connectivity index (χ4n) is 1.86. The number of hydrogen-bond acceptors (Lipinski definition) is 6. The summed E-state index contributed by atoms with van der Waals surface area (Å²) in [6, 6.07) is -0.650. The maximum atomic E-state index is 11.2. The normalized spacial score (nSPS) is 31.3. The highest BCUT2D eigenvalue weighted by Crippen LogP contribution is 2.27. The lowest BCUT2D eigenvalue weighted by atomic mass is 9.92. The second kappa shape index (κ2) is 7.61. The summed E-state index contributed by atoms with van der Waals surface area (Å²) < 4.78 is 20.6. The number of methoxy groups -OCH3 is 1. The zero-order valence-corrected chi connectivity index (χ0v) is 10.7. The van der Waals surface area contributed by atoms with Crippen molar-refractivity contribution < 1.29 is 28.8 Å². The highest BCUT2D eigenvalue weighted by Gasteiger charge is 2.44. The molecule has 0 aromatic heterocycles. The van der Waals surface area contributed by atoms with Crippen molar-refractivity contribution in [3.8, 4) is 0 Å². The maximum absolute atomic E-state index is 11.2. The van der Waals surface area contributed by atoms with Crippen LogP contribution in [0, 0.1) is 0 Å². The van der Waals surface area contributed by atoms with Crippen LogP contribution >= 0.6 is 0 Å². The molecule has 0 aromatic carbocycles. The van der Waals surface area contributed by atoms with Crippen LogP contribution in [0.3, 0.4) is 0 Å². The van der Waals surface area contributed by atoms with E-state index in [0.29, 0.717) is 19.4 Å². The highest BCUT2D eigenvalue weighted by molar-refractivity contribution is 6.11. The molecule has 0 bridgehead atoms. The highest BCUT2D eigenvalue weighted by atomic mass is 16.7. The minimum atomic E-state index is -0.785. The summed E-state index contributed by atoms with van der Waals surface area (Å²) in [7, 11) is 7.03. The van der Waals surface area contributed by atoms with E-state index < -0.39 is 24.4 Å². The molecule has 2 radical (unpaired) electrons. The number of rotatable bonds is 6. The minimum absolute atomic E-state index is 0.0303. The molecule has 7 heteroatoms. The van der Waals surface area contributed by atoms with Crippen LogP contribution in [0.15, 0.2) is 0 Å². The predicted octanol–water partition coefficient (Wildman–Crippen LogP) is 0.209. The fraction of sp³-hybridized carbons (Fsp3) is 0.909. The molecular formula is C11H19BO6. The third-order valence-corrected chi connectivity index (χ3v) is 2.76. The van der Waals surface area contributed by atoms with Gasteiger partial charge in [0.15, 0.2) is 6.10 Å². The summed E-state index contributed by atoms with van der Waals surface area (Å²) in [5, 5.41) is 8.71. The summed E-state index contributed by atoms with van der Waals surface area (Å²) in [6.07, 6.45) is -1.08. The Balaban J connectivity index is 2.60. The van der Waals surface area contributed by atoms with E-state index >= 15 is 0 Å². The topological polar surface area (TPSA) is 74.2 Å². The van der Waals surface area contributed by atoms with Gasteiger partial charge in [-0.2, -0.15) is 0 Å². The van der Waals surface area contributed by atoms with Crippen LogP contribution < -0.4 is 0 Å². The molecule has 0 amide bonds. The Hall–Kier alpha value is -0.785. The van der Waals surface area contributed by atoms with E-state index in [9.17, 15) is 4.79 Å². The second-order valence-corrected chi connectivity index (χ2v) is 4.00. The van der Waals surface area contributed by atoms with E-state index in [1.807, 2.05) is 6.92 Å². The van der Waals surface area contributed by atoms with Crippen LogP contribution in [-0.2, 0) is 18.9 Å². The molecule has 18 heavy (non-hydrogen) atoms. The van der Waals surface area contributed by atoms with Crippen LogP contribution in [0.25, 0.3) is 0 Å². The lowest BCUT2D eigenvalue weighted by Crippen LogP contribution is -2.39. The van der Waals surface area contributed by atoms with E-state index in [2.05, 4.69) is 4.74 Å². The van der Waals surface area contributed by atoms with Gasteiger partial charge in [-0.05, 0) is 12.8 Å². The quantitative estimate of drug-likeness (QED) is 0.417.